The van der Waals surface area contributed by atoms with Crippen molar-refractivity contribution in [2.24, 2.45) is 4.99 Å². The van der Waals surface area contributed by atoms with Crippen molar-refractivity contribution in [3.63, 3.8) is 0 Å². The SMILES string of the molecule is CC.CNc1ccc2c(c1)Oc1cc(O)ccc1C21CC(=O)c2cc(N=C=S)ccc21. The van der Waals surface area contributed by atoms with Crippen molar-refractivity contribution in [3.8, 4) is 17.2 Å². The zero-order valence-electron chi connectivity index (χ0n) is 17.5. The molecule has 3 aromatic carbocycles. The Kier molecular flexibility index (Phi) is 5.36. The van der Waals surface area contributed by atoms with Crippen LogP contribution in [0.25, 0.3) is 0 Å². The average Bonchev–Trinajstić information content (AvgIpc) is 3.07. The number of aromatic hydroxyl groups is 1. The zero-order chi connectivity index (χ0) is 22.2. The number of anilines is 1. The standard InChI is InChI=1S/C23H16N2O3S.C2H6/c1-24-13-2-6-18-21(9-13)28-22-10-15(26)4-7-19(22)23(18)11-20(27)16-8-14(25-12-29)3-5-17(16)23;1-2/h2-10,24,26H,11H2,1H3;1-2H3. The number of thiocarbonyl (C=S) groups is 1. The molecule has 2 aliphatic rings. The quantitative estimate of drug-likeness (QED) is 0.373. The van der Waals surface area contributed by atoms with E-state index in [0.29, 0.717) is 22.7 Å². The Balaban J connectivity index is 0.00000112. The van der Waals surface area contributed by atoms with Crippen LogP contribution in [0, 0.1) is 0 Å². The van der Waals surface area contributed by atoms with Gasteiger partial charge in [-0.1, -0.05) is 32.0 Å². The number of benzene rings is 3. The number of carbonyl (C=O) groups is 1. The van der Waals surface area contributed by atoms with Crippen LogP contribution in [0.4, 0.5) is 11.4 Å². The predicted molar refractivity (Wildman–Crippen MR) is 125 cm³/mol. The van der Waals surface area contributed by atoms with Crippen molar-refractivity contribution in [1.29, 1.82) is 0 Å². The summed E-state index contributed by atoms with van der Waals surface area (Å²) in [5, 5.41) is 15.5. The van der Waals surface area contributed by atoms with Gasteiger partial charge in [-0.3, -0.25) is 4.79 Å². The molecule has 1 unspecified atom stereocenters. The highest BCUT2D eigenvalue weighted by Gasteiger charge is 2.51. The zero-order valence-corrected chi connectivity index (χ0v) is 18.3. The van der Waals surface area contributed by atoms with Gasteiger partial charge in [0.2, 0.25) is 0 Å². The predicted octanol–water partition coefficient (Wildman–Crippen LogP) is 6.22. The second-order valence-corrected chi connectivity index (χ2v) is 7.36. The molecule has 0 aromatic heterocycles. The van der Waals surface area contributed by atoms with Gasteiger partial charge in [-0.2, -0.15) is 4.99 Å². The molecule has 1 spiro atoms. The lowest BCUT2D eigenvalue weighted by molar-refractivity contribution is 0.0983. The van der Waals surface area contributed by atoms with E-state index in [1.165, 1.54) is 0 Å². The number of carbonyl (C=O) groups excluding carboxylic acids is 1. The first-order valence-electron chi connectivity index (χ1n) is 10.2. The molecule has 0 fully saturated rings. The molecule has 0 saturated heterocycles. The Morgan fingerprint density at radius 2 is 1.71 bits per heavy atom. The van der Waals surface area contributed by atoms with Crippen LogP contribution < -0.4 is 10.1 Å². The first-order chi connectivity index (χ1) is 15.1. The number of hydrogen-bond donors (Lipinski definition) is 2. The summed E-state index contributed by atoms with van der Waals surface area (Å²) >= 11 is 4.70. The number of Topliss-reactive ketones (excluding diaryl/α,β-unsaturated/α-hetero) is 1. The highest BCUT2D eigenvalue weighted by atomic mass is 32.1. The third-order valence-electron chi connectivity index (χ3n) is 5.74. The molecular weight excluding hydrogens is 408 g/mol. The molecule has 5 rings (SSSR count). The molecule has 0 radical (unpaired) electrons. The van der Waals surface area contributed by atoms with Gasteiger partial charge in [0.1, 0.15) is 17.2 Å². The van der Waals surface area contributed by atoms with Gasteiger partial charge in [0.25, 0.3) is 0 Å². The number of phenolic OH excluding ortho intramolecular Hbond substituents is 1. The van der Waals surface area contributed by atoms with E-state index >= 15 is 0 Å². The van der Waals surface area contributed by atoms with E-state index in [4.69, 9.17) is 17.0 Å². The van der Waals surface area contributed by atoms with E-state index < -0.39 is 5.41 Å². The number of isothiocyanates is 1. The number of ether oxygens (including phenoxy) is 1. The van der Waals surface area contributed by atoms with Gasteiger partial charge in [0, 0.05) is 48.0 Å². The fourth-order valence-corrected chi connectivity index (χ4v) is 4.60. The molecule has 0 bridgehead atoms. The maximum absolute atomic E-state index is 13.1. The fourth-order valence-electron chi connectivity index (χ4n) is 4.50. The average molecular weight is 431 g/mol. The molecule has 2 N–H and O–H groups in total. The van der Waals surface area contributed by atoms with Crippen LogP contribution in [-0.2, 0) is 5.41 Å². The third kappa shape index (κ3) is 3.12. The first kappa shape index (κ1) is 20.8. The van der Waals surface area contributed by atoms with Crippen molar-refractivity contribution < 1.29 is 14.6 Å². The van der Waals surface area contributed by atoms with Gasteiger partial charge in [-0.05, 0) is 42.0 Å². The Labute approximate surface area is 186 Å². The van der Waals surface area contributed by atoms with Crippen LogP contribution >= 0.6 is 12.2 Å². The molecule has 1 aliphatic heterocycles. The smallest absolute Gasteiger partial charge is 0.164 e. The van der Waals surface area contributed by atoms with Gasteiger partial charge in [0.05, 0.1) is 16.3 Å². The monoisotopic (exact) mass is 430 g/mol. The van der Waals surface area contributed by atoms with Gasteiger partial charge in [0.15, 0.2) is 5.78 Å². The van der Waals surface area contributed by atoms with Crippen LogP contribution in [0.1, 0.15) is 47.3 Å². The van der Waals surface area contributed by atoms with Crippen molar-refractivity contribution in [2.75, 3.05) is 12.4 Å². The largest absolute Gasteiger partial charge is 0.508 e. The molecule has 1 heterocycles. The summed E-state index contributed by atoms with van der Waals surface area (Å²) in [7, 11) is 1.84. The highest BCUT2D eigenvalue weighted by molar-refractivity contribution is 7.78. The summed E-state index contributed by atoms with van der Waals surface area (Å²) in [6.07, 6.45) is 0.278. The van der Waals surface area contributed by atoms with Gasteiger partial charge >= 0.3 is 0 Å². The molecule has 0 saturated carbocycles. The van der Waals surface area contributed by atoms with Gasteiger partial charge in [-0.25, -0.2) is 0 Å². The van der Waals surface area contributed by atoms with Crippen molar-refractivity contribution in [1.82, 2.24) is 0 Å². The number of aliphatic imine (C=N–C) groups is 1. The number of rotatable bonds is 2. The summed E-state index contributed by atoms with van der Waals surface area (Å²) in [4.78, 5) is 17.1. The fraction of sp³-hybridized carbons (Fsp3) is 0.200. The minimum atomic E-state index is -0.685. The van der Waals surface area contributed by atoms with E-state index in [1.54, 1.807) is 18.2 Å². The Bertz CT molecular complexity index is 1250. The van der Waals surface area contributed by atoms with Gasteiger partial charge < -0.3 is 15.2 Å². The van der Waals surface area contributed by atoms with Crippen molar-refractivity contribution in [3.05, 3.63) is 76.9 Å². The minimum Gasteiger partial charge on any atom is -0.508 e. The lowest BCUT2D eigenvalue weighted by Gasteiger charge is -2.38. The van der Waals surface area contributed by atoms with E-state index in [-0.39, 0.29) is 18.0 Å². The van der Waals surface area contributed by atoms with Crippen LogP contribution in [0.2, 0.25) is 0 Å². The number of nitrogens with zero attached hydrogens (tertiary/aromatic N) is 1. The molecule has 31 heavy (non-hydrogen) atoms. The summed E-state index contributed by atoms with van der Waals surface area (Å²) in [5.74, 6) is 1.36. The van der Waals surface area contributed by atoms with E-state index in [0.717, 1.165) is 22.4 Å². The Morgan fingerprint density at radius 1 is 1.03 bits per heavy atom. The highest BCUT2D eigenvalue weighted by Crippen LogP contribution is 2.58. The molecule has 6 heteroatoms. The Morgan fingerprint density at radius 3 is 2.42 bits per heavy atom. The second kappa shape index (κ2) is 7.99. The van der Waals surface area contributed by atoms with E-state index in [2.05, 4.69) is 15.5 Å². The molecule has 1 atom stereocenters. The lowest BCUT2D eigenvalue weighted by Crippen LogP contribution is -2.30. The molecule has 3 aromatic rings. The second-order valence-electron chi connectivity index (χ2n) is 7.18. The summed E-state index contributed by atoms with van der Waals surface area (Å²) in [6, 6.07) is 16.5. The summed E-state index contributed by atoms with van der Waals surface area (Å²) in [5.41, 5.74) is 4.13. The maximum atomic E-state index is 13.1. The van der Waals surface area contributed by atoms with Crippen LogP contribution in [-0.4, -0.2) is 23.1 Å². The minimum absolute atomic E-state index is 0.0333. The van der Waals surface area contributed by atoms with Crippen LogP contribution in [0.3, 0.4) is 0 Å². The molecular formula is C25H22N2O3S. The normalized spacial score (nSPS) is 17.3. The lowest BCUT2D eigenvalue weighted by atomic mass is 9.68. The number of hydrogen-bond acceptors (Lipinski definition) is 6. The Hall–Kier alpha value is -3.47. The van der Waals surface area contributed by atoms with Crippen molar-refractivity contribution in [2.45, 2.75) is 25.7 Å². The summed E-state index contributed by atoms with van der Waals surface area (Å²) < 4.78 is 6.15. The molecule has 156 valence electrons. The molecule has 0 amide bonds. The first-order valence-corrected chi connectivity index (χ1v) is 10.6. The third-order valence-corrected chi connectivity index (χ3v) is 5.83. The number of ketones is 1. The van der Waals surface area contributed by atoms with Crippen LogP contribution in [0.5, 0.6) is 17.2 Å². The van der Waals surface area contributed by atoms with Crippen molar-refractivity contribution >= 4 is 34.5 Å². The molecule has 5 nitrogen and oxygen atoms in total. The van der Waals surface area contributed by atoms with Gasteiger partial charge in [-0.15, -0.1) is 0 Å². The number of fused-ring (bicyclic) bond motifs is 6. The van der Waals surface area contributed by atoms with Crippen LogP contribution in [0.15, 0.2) is 59.6 Å². The van der Waals surface area contributed by atoms with E-state index in [1.807, 2.05) is 57.3 Å². The topological polar surface area (TPSA) is 70.9 Å². The molecule has 1 aliphatic carbocycles. The maximum Gasteiger partial charge on any atom is 0.164 e. The summed E-state index contributed by atoms with van der Waals surface area (Å²) in [6.45, 7) is 4.00. The number of phenols is 1. The number of nitrogens with one attached hydrogen (secondary N) is 1. The van der Waals surface area contributed by atoms with E-state index in [9.17, 15) is 9.90 Å².